The van der Waals surface area contributed by atoms with Crippen molar-refractivity contribution in [3.63, 3.8) is 0 Å². The maximum absolute atomic E-state index is 12.8. The van der Waals surface area contributed by atoms with E-state index in [2.05, 4.69) is 0 Å². The molecule has 0 unspecified atom stereocenters. The molecule has 1 rings (SSSR count). The van der Waals surface area contributed by atoms with E-state index in [1.54, 1.807) is 6.07 Å². The molecule has 0 bridgehead atoms. The summed E-state index contributed by atoms with van der Waals surface area (Å²) in [5.41, 5.74) is -0.146. The quantitative estimate of drug-likeness (QED) is 0.741. The summed E-state index contributed by atoms with van der Waals surface area (Å²) < 4.78 is 12.8. The van der Waals surface area contributed by atoms with E-state index >= 15 is 0 Å². The van der Waals surface area contributed by atoms with Gasteiger partial charge in [0.1, 0.15) is 18.1 Å². The van der Waals surface area contributed by atoms with Crippen LogP contribution in [-0.4, -0.2) is 29.5 Å². The van der Waals surface area contributed by atoms with Crippen molar-refractivity contribution >= 4 is 5.91 Å². The van der Waals surface area contributed by atoms with Gasteiger partial charge in [-0.05, 0) is 18.2 Å². The smallest absolute Gasteiger partial charge is 0.258 e. The van der Waals surface area contributed by atoms with Gasteiger partial charge in [-0.2, -0.15) is 5.26 Å². The van der Waals surface area contributed by atoms with E-state index in [0.717, 1.165) is 23.1 Å². The number of rotatable bonds is 2. The SMILES string of the molecule is CN(CC#N)C(=O)c1cc(F)ccc1O. The first-order chi connectivity index (χ1) is 7.06. The molecule has 1 aromatic carbocycles. The first kappa shape index (κ1) is 11.0. The number of carbonyl (C=O) groups is 1. The van der Waals surface area contributed by atoms with E-state index < -0.39 is 11.7 Å². The second-order valence-corrected chi connectivity index (χ2v) is 2.98. The van der Waals surface area contributed by atoms with Crippen LogP contribution in [0.25, 0.3) is 0 Å². The molecular weight excluding hydrogens is 199 g/mol. The van der Waals surface area contributed by atoms with E-state index in [9.17, 15) is 14.3 Å². The van der Waals surface area contributed by atoms with E-state index in [1.807, 2.05) is 0 Å². The Labute approximate surface area is 86.2 Å². The van der Waals surface area contributed by atoms with Crippen LogP contribution in [0.3, 0.4) is 0 Å². The van der Waals surface area contributed by atoms with Gasteiger partial charge < -0.3 is 10.0 Å². The number of amides is 1. The molecule has 0 aromatic heterocycles. The van der Waals surface area contributed by atoms with Crippen LogP contribution >= 0.6 is 0 Å². The molecule has 0 atom stereocenters. The molecule has 0 aliphatic heterocycles. The van der Waals surface area contributed by atoms with E-state index in [-0.39, 0.29) is 17.9 Å². The molecule has 1 N–H and O–H groups in total. The van der Waals surface area contributed by atoms with Crippen molar-refractivity contribution in [1.82, 2.24) is 4.90 Å². The Kier molecular flexibility index (Phi) is 3.24. The number of halogens is 1. The molecule has 0 radical (unpaired) electrons. The van der Waals surface area contributed by atoms with Gasteiger partial charge in [0.2, 0.25) is 0 Å². The molecule has 4 nitrogen and oxygen atoms in total. The summed E-state index contributed by atoms with van der Waals surface area (Å²) >= 11 is 0. The first-order valence-corrected chi connectivity index (χ1v) is 4.17. The zero-order valence-electron chi connectivity index (χ0n) is 8.07. The molecule has 0 heterocycles. The third-order valence-electron chi connectivity index (χ3n) is 1.84. The van der Waals surface area contributed by atoms with Gasteiger partial charge in [0.05, 0.1) is 11.6 Å². The molecule has 0 aliphatic carbocycles. The minimum Gasteiger partial charge on any atom is -0.507 e. The molecule has 1 aromatic rings. The minimum absolute atomic E-state index is 0.116. The van der Waals surface area contributed by atoms with E-state index in [1.165, 1.54) is 7.05 Å². The Bertz CT molecular complexity index is 426. The molecule has 0 spiro atoms. The van der Waals surface area contributed by atoms with Crippen molar-refractivity contribution in [2.24, 2.45) is 0 Å². The second-order valence-electron chi connectivity index (χ2n) is 2.98. The van der Waals surface area contributed by atoms with Gasteiger partial charge in [0.25, 0.3) is 5.91 Å². The number of carbonyl (C=O) groups excluding carboxylic acids is 1. The minimum atomic E-state index is -0.610. The summed E-state index contributed by atoms with van der Waals surface area (Å²) in [6.45, 7) is -0.116. The van der Waals surface area contributed by atoms with E-state index in [4.69, 9.17) is 5.26 Å². The molecule has 0 aliphatic rings. The molecule has 1 amide bonds. The lowest BCUT2D eigenvalue weighted by molar-refractivity contribution is 0.0808. The summed E-state index contributed by atoms with van der Waals surface area (Å²) in [4.78, 5) is 12.6. The number of nitrogens with zero attached hydrogens (tertiary/aromatic N) is 2. The van der Waals surface area contributed by atoms with Crippen molar-refractivity contribution in [3.8, 4) is 11.8 Å². The summed E-state index contributed by atoms with van der Waals surface area (Å²) in [5, 5.41) is 17.7. The highest BCUT2D eigenvalue weighted by Gasteiger charge is 2.15. The molecule has 78 valence electrons. The standard InChI is InChI=1S/C10H9FN2O2/c1-13(5-4-12)10(15)8-6-7(11)2-3-9(8)14/h2-3,6,14H,5H2,1H3. The van der Waals surface area contributed by atoms with E-state index in [0.29, 0.717) is 0 Å². The third-order valence-corrected chi connectivity index (χ3v) is 1.84. The zero-order valence-corrected chi connectivity index (χ0v) is 8.07. The second kappa shape index (κ2) is 4.42. The number of hydrogen-bond donors (Lipinski definition) is 1. The van der Waals surface area contributed by atoms with Crippen LogP contribution in [0.4, 0.5) is 4.39 Å². The lowest BCUT2D eigenvalue weighted by Crippen LogP contribution is -2.27. The van der Waals surface area contributed by atoms with Gasteiger partial charge in [-0.3, -0.25) is 4.79 Å². The molecule has 0 saturated carbocycles. The van der Waals surface area contributed by atoms with Gasteiger partial charge >= 0.3 is 0 Å². The van der Waals surface area contributed by atoms with Crippen LogP contribution in [0.1, 0.15) is 10.4 Å². The van der Waals surface area contributed by atoms with Gasteiger partial charge in [0.15, 0.2) is 0 Å². The zero-order chi connectivity index (χ0) is 11.4. The number of nitriles is 1. The fourth-order valence-corrected chi connectivity index (χ4v) is 1.06. The van der Waals surface area contributed by atoms with Gasteiger partial charge in [-0.15, -0.1) is 0 Å². The fourth-order valence-electron chi connectivity index (χ4n) is 1.06. The molecule has 15 heavy (non-hydrogen) atoms. The molecule has 0 fully saturated rings. The largest absolute Gasteiger partial charge is 0.507 e. The van der Waals surface area contributed by atoms with Crippen LogP contribution in [0, 0.1) is 17.1 Å². The predicted octanol–water partition coefficient (Wildman–Crippen LogP) is 1.13. The van der Waals surface area contributed by atoms with Crippen molar-refractivity contribution in [2.75, 3.05) is 13.6 Å². The Morgan fingerprint density at radius 3 is 2.93 bits per heavy atom. The summed E-state index contributed by atoms with van der Waals surface area (Å²) in [6, 6.07) is 4.87. The number of benzene rings is 1. The third kappa shape index (κ3) is 2.44. The fraction of sp³-hybridized carbons (Fsp3) is 0.200. The van der Waals surface area contributed by atoms with Gasteiger partial charge in [0, 0.05) is 7.05 Å². The van der Waals surface area contributed by atoms with Crippen LogP contribution < -0.4 is 0 Å². The lowest BCUT2D eigenvalue weighted by Gasteiger charge is -2.13. The van der Waals surface area contributed by atoms with Crippen molar-refractivity contribution in [3.05, 3.63) is 29.6 Å². The van der Waals surface area contributed by atoms with Crippen LogP contribution in [0.15, 0.2) is 18.2 Å². The predicted molar refractivity (Wildman–Crippen MR) is 50.6 cm³/mol. The Morgan fingerprint density at radius 1 is 1.67 bits per heavy atom. The first-order valence-electron chi connectivity index (χ1n) is 4.17. The maximum atomic E-state index is 12.8. The number of phenolic OH excluding ortho intramolecular Hbond substituents is 1. The normalized spacial score (nSPS) is 9.40. The monoisotopic (exact) mass is 208 g/mol. The average molecular weight is 208 g/mol. The van der Waals surface area contributed by atoms with Crippen LogP contribution in [0.2, 0.25) is 0 Å². The maximum Gasteiger partial charge on any atom is 0.258 e. The lowest BCUT2D eigenvalue weighted by atomic mass is 10.1. The van der Waals surface area contributed by atoms with Crippen LogP contribution in [-0.2, 0) is 0 Å². The number of phenols is 1. The Morgan fingerprint density at radius 2 is 2.33 bits per heavy atom. The Balaban J connectivity index is 3.01. The van der Waals surface area contributed by atoms with Crippen molar-refractivity contribution < 1.29 is 14.3 Å². The highest BCUT2D eigenvalue weighted by molar-refractivity contribution is 5.96. The average Bonchev–Trinajstić information content (AvgIpc) is 2.21. The summed E-state index contributed by atoms with van der Waals surface area (Å²) in [7, 11) is 1.40. The number of aromatic hydroxyl groups is 1. The summed E-state index contributed by atoms with van der Waals surface area (Å²) in [5.74, 6) is -1.50. The van der Waals surface area contributed by atoms with Crippen molar-refractivity contribution in [2.45, 2.75) is 0 Å². The molecular formula is C10H9FN2O2. The van der Waals surface area contributed by atoms with Crippen molar-refractivity contribution in [1.29, 1.82) is 5.26 Å². The molecule has 0 saturated heterocycles. The Hall–Kier alpha value is -2.09. The summed E-state index contributed by atoms with van der Waals surface area (Å²) in [6.07, 6.45) is 0. The van der Waals surface area contributed by atoms with Gasteiger partial charge in [-0.25, -0.2) is 4.39 Å². The van der Waals surface area contributed by atoms with Crippen LogP contribution in [0.5, 0.6) is 5.75 Å². The highest BCUT2D eigenvalue weighted by atomic mass is 19.1. The topological polar surface area (TPSA) is 64.3 Å². The number of hydrogen-bond acceptors (Lipinski definition) is 3. The van der Waals surface area contributed by atoms with Gasteiger partial charge in [-0.1, -0.05) is 0 Å². The highest BCUT2D eigenvalue weighted by Crippen LogP contribution is 2.19. The molecule has 5 heteroatoms.